The summed E-state index contributed by atoms with van der Waals surface area (Å²) in [5.41, 5.74) is 0.417. The number of ether oxygens (including phenoxy) is 1. The summed E-state index contributed by atoms with van der Waals surface area (Å²) in [5.74, 6) is -0.948. The number of carbonyl (C=O) groups excluding carboxylic acids is 2. The summed E-state index contributed by atoms with van der Waals surface area (Å²) in [4.78, 5) is 29.1. The number of carbonyl (C=O) groups is 2. The number of morpholine rings is 1. The molecule has 3 rings (SSSR count). The van der Waals surface area contributed by atoms with Gasteiger partial charge in [-0.15, -0.1) is 0 Å². The zero-order chi connectivity index (χ0) is 19.2. The number of nitrogens with zero attached hydrogens (tertiary/aromatic N) is 2. The number of piperidine rings is 1. The van der Waals surface area contributed by atoms with E-state index < -0.39 is 12.0 Å². The van der Waals surface area contributed by atoms with Gasteiger partial charge < -0.3 is 15.0 Å². The van der Waals surface area contributed by atoms with Gasteiger partial charge in [-0.2, -0.15) is 0 Å². The molecule has 2 heterocycles. The highest BCUT2D eigenvalue weighted by molar-refractivity contribution is 5.85. The van der Waals surface area contributed by atoms with Gasteiger partial charge in [0.2, 0.25) is 11.8 Å². The number of amides is 2. The molecule has 6 nitrogen and oxygen atoms in total. The van der Waals surface area contributed by atoms with Crippen molar-refractivity contribution < 1.29 is 18.7 Å². The van der Waals surface area contributed by atoms with E-state index in [1.165, 1.54) is 6.07 Å². The van der Waals surface area contributed by atoms with E-state index in [9.17, 15) is 14.0 Å². The van der Waals surface area contributed by atoms with Gasteiger partial charge in [0.15, 0.2) is 0 Å². The number of hydrogen-bond donors (Lipinski definition) is 1. The maximum atomic E-state index is 14.5. The minimum Gasteiger partial charge on any atom is -0.379 e. The van der Waals surface area contributed by atoms with E-state index >= 15 is 0 Å². The predicted molar refractivity (Wildman–Crippen MR) is 99.5 cm³/mol. The van der Waals surface area contributed by atoms with E-state index in [1.807, 2.05) is 6.92 Å². The van der Waals surface area contributed by atoms with Crippen LogP contribution in [0, 0.1) is 11.7 Å². The topological polar surface area (TPSA) is 61.9 Å². The Balaban J connectivity index is 1.69. The lowest BCUT2D eigenvalue weighted by Crippen LogP contribution is -2.49. The SMILES string of the molecule is CCN1C(=O)CC[C@@H](C(=O)NCCN2CCOCC2)[C@@H]1c1ccccc1F. The number of halogens is 1. The quantitative estimate of drug-likeness (QED) is 0.818. The fourth-order valence-corrected chi connectivity index (χ4v) is 3.99. The first-order valence-corrected chi connectivity index (χ1v) is 9.73. The molecule has 7 heteroatoms. The van der Waals surface area contributed by atoms with E-state index in [4.69, 9.17) is 4.74 Å². The second-order valence-electron chi connectivity index (χ2n) is 7.04. The molecule has 27 heavy (non-hydrogen) atoms. The van der Waals surface area contributed by atoms with Gasteiger partial charge >= 0.3 is 0 Å². The molecule has 0 aromatic heterocycles. The Labute approximate surface area is 159 Å². The minimum absolute atomic E-state index is 0.0249. The molecule has 0 aliphatic carbocycles. The average molecular weight is 377 g/mol. The number of rotatable bonds is 6. The first-order chi connectivity index (χ1) is 13.1. The molecule has 2 fully saturated rings. The average Bonchev–Trinajstić information content (AvgIpc) is 2.69. The highest BCUT2D eigenvalue weighted by atomic mass is 19.1. The molecule has 2 saturated heterocycles. The van der Waals surface area contributed by atoms with Crippen LogP contribution in [0.2, 0.25) is 0 Å². The van der Waals surface area contributed by atoms with Gasteiger partial charge in [0, 0.05) is 44.7 Å². The Hall–Kier alpha value is -1.99. The molecule has 2 atom stereocenters. The smallest absolute Gasteiger partial charge is 0.225 e. The van der Waals surface area contributed by atoms with Crippen molar-refractivity contribution in [1.29, 1.82) is 0 Å². The molecule has 2 aliphatic rings. The summed E-state index contributed by atoms with van der Waals surface area (Å²) in [5, 5.41) is 3.00. The third-order valence-electron chi connectivity index (χ3n) is 5.44. The molecule has 2 aliphatic heterocycles. The molecule has 2 amide bonds. The largest absolute Gasteiger partial charge is 0.379 e. The molecule has 1 aromatic carbocycles. The molecular formula is C20H28FN3O3. The molecule has 0 unspecified atom stereocenters. The van der Waals surface area contributed by atoms with Crippen LogP contribution in [0.1, 0.15) is 31.4 Å². The Morgan fingerprint density at radius 1 is 1.30 bits per heavy atom. The first kappa shape index (κ1) is 19.8. The van der Waals surface area contributed by atoms with Crippen molar-refractivity contribution in [1.82, 2.24) is 15.1 Å². The van der Waals surface area contributed by atoms with E-state index in [0.29, 0.717) is 31.5 Å². The molecule has 1 aromatic rings. The number of likely N-dealkylation sites (tertiary alicyclic amines) is 1. The van der Waals surface area contributed by atoms with Crippen molar-refractivity contribution in [3.05, 3.63) is 35.6 Å². The zero-order valence-electron chi connectivity index (χ0n) is 15.8. The normalized spacial score (nSPS) is 24.1. The van der Waals surface area contributed by atoms with Crippen LogP contribution in [0.25, 0.3) is 0 Å². The molecule has 0 bridgehead atoms. The number of benzene rings is 1. The fourth-order valence-electron chi connectivity index (χ4n) is 3.99. The monoisotopic (exact) mass is 377 g/mol. The van der Waals surface area contributed by atoms with Gasteiger partial charge in [-0.05, 0) is 19.4 Å². The summed E-state index contributed by atoms with van der Waals surface area (Å²) in [7, 11) is 0. The molecule has 148 valence electrons. The van der Waals surface area contributed by atoms with Crippen molar-refractivity contribution in [2.75, 3.05) is 45.9 Å². The fraction of sp³-hybridized carbons (Fsp3) is 0.600. The van der Waals surface area contributed by atoms with Gasteiger partial charge in [-0.3, -0.25) is 14.5 Å². The molecule has 1 N–H and O–H groups in total. The van der Waals surface area contributed by atoms with Gasteiger partial charge in [-0.1, -0.05) is 18.2 Å². The summed E-state index contributed by atoms with van der Waals surface area (Å²) in [6, 6.07) is 5.88. The standard InChI is InChI=1S/C20H28FN3O3/c1-2-24-18(25)8-7-16(19(24)15-5-3-4-6-17(15)21)20(26)22-9-10-23-11-13-27-14-12-23/h3-6,16,19H,2,7-14H2,1H3,(H,22,26)/t16-,19+/m1/s1. The van der Waals surface area contributed by atoms with Crippen LogP contribution >= 0.6 is 0 Å². The van der Waals surface area contributed by atoms with Crippen LogP contribution in [0.15, 0.2) is 24.3 Å². The van der Waals surface area contributed by atoms with Gasteiger partial charge in [-0.25, -0.2) is 4.39 Å². The van der Waals surface area contributed by atoms with Crippen LogP contribution in [0.3, 0.4) is 0 Å². The second-order valence-corrected chi connectivity index (χ2v) is 7.04. The Morgan fingerprint density at radius 2 is 2.04 bits per heavy atom. The minimum atomic E-state index is -0.555. The van der Waals surface area contributed by atoms with Crippen molar-refractivity contribution in [2.45, 2.75) is 25.8 Å². The van der Waals surface area contributed by atoms with Crippen molar-refractivity contribution >= 4 is 11.8 Å². The van der Waals surface area contributed by atoms with Crippen molar-refractivity contribution in [3.63, 3.8) is 0 Å². The summed E-state index contributed by atoms with van der Waals surface area (Å²) in [6.45, 7) is 6.81. The third-order valence-corrected chi connectivity index (χ3v) is 5.44. The highest BCUT2D eigenvalue weighted by Crippen LogP contribution is 2.37. The van der Waals surface area contributed by atoms with E-state index in [-0.39, 0.29) is 17.6 Å². The Kier molecular flexibility index (Phi) is 6.79. The van der Waals surface area contributed by atoms with E-state index in [2.05, 4.69) is 10.2 Å². The maximum Gasteiger partial charge on any atom is 0.225 e. The van der Waals surface area contributed by atoms with Crippen LogP contribution in [0.4, 0.5) is 4.39 Å². The van der Waals surface area contributed by atoms with Gasteiger partial charge in [0.1, 0.15) is 5.82 Å². The van der Waals surface area contributed by atoms with Crippen molar-refractivity contribution in [2.24, 2.45) is 5.92 Å². The Morgan fingerprint density at radius 3 is 2.74 bits per heavy atom. The molecule has 0 saturated carbocycles. The second kappa shape index (κ2) is 9.28. The van der Waals surface area contributed by atoms with Crippen LogP contribution < -0.4 is 5.32 Å². The van der Waals surface area contributed by atoms with Gasteiger partial charge in [0.05, 0.1) is 25.2 Å². The Bertz CT molecular complexity index is 664. The van der Waals surface area contributed by atoms with Gasteiger partial charge in [0.25, 0.3) is 0 Å². The summed E-state index contributed by atoms with van der Waals surface area (Å²) >= 11 is 0. The van der Waals surface area contributed by atoms with E-state index in [1.54, 1.807) is 23.1 Å². The molecular weight excluding hydrogens is 349 g/mol. The molecule has 0 spiro atoms. The summed E-state index contributed by atoms with van der Waals surface area (Å²) < 4.78 is 19.8. The number of hydrogen-bond acceptors (Lipinski definition) is 4. The summed E-state index contributed by atoms with van der Waals surface area (Å²) in [6.07, 6.45) is 0.762. The number of nitrogens with one attached hydrogen (secondary N) is 1. The lowest BCUT2D eigenvalue weighted by molar-refractivity contribution is -0.143. The molecule has 0 radical (unpaired) electrons. The lowest BCUT2D eigenvalue weighted by Gasteiger charge is -2.40. The highest BCUT2D eigenvalue weighted by Gasteiger charge is 2.40. The van der Waals surface area contributed by atoms with Crippen LogP contribution in [0.5, 0.6) is 0 Å². The lowest BCUT2D eigenvalue weighted by atomic mass is 9.83. The van der Waals surface area contributed by atoms with Crippen molar-refractivity contribution in [3.8, 4) is 0 Å². The zero-order valence-corrected chi connectivity index (χ0v) is 15.8. The van der Waals surface area contributed by atoms with Crippen LogP contribution in [-0.4, -0.2) is 67.6 Å². The first-order valence-electron chi connectivity index (χ1n) is 9.73. The van der Waals surface area contributed by atoms with Crippen LogP contribution in [-0.2, 0) is 14.3 Å². The third kappa shape index (κ3) is 4.65. The maximum absolute atomic E-state index is 14.5. The predicted octanol–water partition coefficient (Wildman–Crippen LogP) is 1.57. The van der Waals surface area contributed by atoms with E-state index in [0.717, 1.165) is 32.8 Å².